The molecular weight excluding hydrogens is 584 g/mol. The zero-order valence-electron chi connectivity index (χ0n) is 23.4. The fourth-order valence-electron chi connectivity index (χ4n) is 4.51. The second-order valence-corrected chi connectivity index (χ2v) is 12.6. The maximum Gasteiger partial charge on any atom is 0.355 e. The molecular formula is C29H33ClN4O5S2. The van der Waals surface area contributed by atoms with Gasteiger partial charge in [0.1, 0.15) is 5.82 Å². The van der Waals surface area contributed by atoms with Gasteiger partial charge in [-0.15, -0.1) is 0 Å². The van der Waals surface area contributed by atoms with E-state index < -0.39 is 16.0 Å². The van der Waals surface area contributed by atoms with Gasteiger partial charge in [-0.25, -0.2) is 18.2 Å². The van der Waals surface area contributed by atoms with Crippen molar-refractivity contribution in [1.82, 2.24) is 13.9 Å². The number of aromatic carboxylic acids is 1. The summed E-state index contributed by atoms with van der Waals surface area (Å²) in [7, 11) is -3.96. The molecule has 2 aromatic carbocycles. The van der Waals surface area contributed by atoms with Crippen molar-refractivity contribution in [3.05, 3.63) is 80.7 Å². The number of aromatic nitrogens is 3. The van der Waals surface area contributed by atoms with Gasteiger partial charge in [-0.3, -0.25) is 4.72 Å². The van der Waals surface area contributed by atoms with Crippen molar-refractivity contribution in [3.63, 3.8) is 0 Å². The minimum atomic E-state index is -3.96. The molecule has 0 amide bonds. The SMILES string of the molecule is CCCCc1nc(Cl)c(C(=O)O)n1Cc1ccc(-c2ccccc2S(=O)(=O)Nc2nsc(C)c2C)c(COCC)c1. The highest BCUT2D eigenvalue weighted by molar-refractivity contribution is 7.92. The van der Waals surface area contributed by atoms with Crippen LogP contribution >= 0.6 is 23.1 Å². The summed E-state index contributed by atoms with van der Waals surface area (Å²) in [4.78, 5) is 17.4. The highest BCUT2D eigenvalue weighted by Crippen LogP contribution is 2.34. The number of halogens is 1. The van der Waals surface area contributed by atoms with Crippen LogP contribution in [0.2, 0.25) is 5.15 Å². The predicted octanol–water partition coefficient (Wildman–Crippen LogP) is 6.70. The van der Waals surface area contributed by atoms with Crippen LogP contribution in [0.5, 0.6) is 0 Å². The van der Waals surface area contributed by atoms with Gasteiger partial charge in [0.25, 0.3) is 10.0 Å². The Morgan fingerprint density at radius 1 is 1.15 bits per heavy atom. The minimum Gasteiger partial charge on any atom is -0.476 e. The molecule has 12 heteroatoms. The third-order valence-electron chi connectivity index (χ3n) is 6.79. The van der Waals surface area contributed by atoms with Crippen LogP contribution in [0, 0.1) is 13.8 Å². The molecule has 0 saturated carbocycles. The maximum absolute atomic E-state index is 13.6. The lowest BCUT2D eigenvalue weighted by Crippen LogP contribution is -2.15. The smallest absolute Gasteiger partial charge is 0.355 e. The second kappa shape index (κ2) is 13.2. The van der Waals surface area contributed by atoms with Crippen molar-refractivity contribution in [2.45, 2.75) is 65.0 Å². The van der Waals surface area contributed by atoms with Gasteiger partial charge < -0.3 is 14.4 Å². The van der Waals surface area contributed by atoms with Crippen LogP contribution in [0.25, 0.3) is 11.1 Å². The maximum atomic E-state index is 13.6. The zero-order chi connectivity index (χ0) is 29.7. The Balaban J connectivity index is 1.77. The Kier molecular flexibility index (Phi) is 9.85. The molecule has 0 unspecified atom stereocenters. The monoisotopic (exact) mass is 616 g/mol. The van der Waals surface area contributed by atoms with Crippen LogP contribution in [0.3, 0.4) is 0 Å². The van der Waals surface area contributed by atoms with Crippen molar-refractivity contribution in [3.8, 4) is 11.1 Å². The molecule has 41 heavy (non-hydrogen) atoms. The fourth-order valence-corrected chi connectivity index (χ4v) is 6.78. The van der Waals surface area contributed by atoms with E-state index in [4.69, 9.17) is 16.3 Å². The molecule has 0 atom stereocenters. The number of aryl methyl sites for hydroxylation is 2. The van der Waals surface area contributed by atoms with E-state index in [1.165, 1.54) is 11.5 Å². The first-order chi connectivity index (χ1) is 19.6. The molecule has 218 valence electrons. The first-order valence-corrected chi connectivity index (χ1v) is 15.9. The molecule has 0 aliphatic carbocycles. The number of anilines is 1. The second-order valence-electron chi connectivity index (χ2n) is 9.60. The number of nitrogens with zero attached hydrogens (tertiary/aromatic N) is 3. The lowest BCUT2D eigenvalue weighted by atomic mass is 9.97. The molecule has 0 aliphatic heterocycles. The molecule has 0 bridgehead atoms. The number of rotatable bonds is 13. The largest absolute Gasteiger partial charge is 0.476 e. The van der Waals surface area contributed by atoms with Crippen molar-refractivity contribution in [2.75, 3.05) is 11.3 Å². The number of carboxylic acid groups (broad SMARTS) is 1. The van der Waals surface area contributed by atoms with Crippen LogP contribution in [-0.4, -0.2) is 40.0 Å². The van der Waals surface area contributed by atoms with Crippen LogP contribution in [0.15, 0.2) is 47.4 Å². The van der Waals surface area contributed by atoms with Gasteiger partial charge in [-0.05, 0) is 61.5 Å². The molecule has 2 N–H and O–H groups in total. The number of hydrogen-bond acceptors (Lipinski definition) is 7. The van der Waals surface area contributed by atoms with E-state index in [9.17, 15) is 18.3 Å². The third-order valence-corrected chi connectivity index (χ3v) is 9.30. The Bertz CT molecular complexity index is 1660. The van der Waals surface area contributed by atoms with Gasteiger partial charge in [-0.2, -0.15) is 4.37 Å². The summed E-state index contributed by atoms with van der Waals surface area (Å²) in [5.41, 5.74) is 3.53. The normalized spacial score (nSPS) is 11.6. The summed E-state index contributed by atoms with van der Waals surface area (Å²) in [6, 6.07) is 12.4. The Labute approximate surface area is 249 Å². The van der Waals surface area contributed by atoms with Crippen LogP contribution in [0.1, 0.15) is 64.6 Å². The van der Waals surface area contributed by atoms with Gasteiger partial charge >= 0.3 is 5.97 Å². The number of hydrogen-bond donors (Lipinski definition) is 2. The number of carbonyl (C=O) groups is 1. The van der Waals surface area contributed by atoms with E-state index >= 15 is 0 Å². The fraction of sp³-hybridized carbons (Fsp3) is 0.345. The van der Waals surface area contributed by atoms with Crippen molar-refractivity contribution < 1.29 is 23.1 Å². The number of imidazole rings is 1. The molecule has 0 saturated heterocycles. The lowest BCUT2D eigenvalue weighted by molar-refractivity contribution is 0.0685. The molecule has 0 fully saturated rings. The molecule has 0 aliphatic rings. The average molecular weight is 617 g/mol. The number of ether oxygens (including phenoxy) is 1. The lowest BCUT2D eigenvalue weighted by Gasteiger charge is -2.17. The van der Waals surface area contributed by atoms with E-state index in [1.807, 2.05) is 39.0 Å². The summed E-state index contributed by atoms with van der Waals surface area (Å²) in [5, 5.41) is 9.79. The van der Waals surface area contributed by atoms with Gasteiger partial charge in [0.2, 0.25) is 0 Å². The van der Waals surface area contributed by atoms with Gasteiger partial charge in [0.05, 0.1) is 11.5 Å². The third kappa shape index (κ3) is 6.81. The number of unbranched alkanes of at least 4 members (excludes halogenated alkanes) is 1. The topological polar surface area (TPSA) is 123 Å². The van der Waals surface area contributed by atoms with Crippen LogP contribution < -0.4 is 4.72 Å². The number of carboxylic acids is 1. The van der Waals surface area contributed by atoms with Gasteiger partial charge in [-0.1, -0.05) is 61.3 Å². The molecule has 0 spiro atoms. The van der Waals surface area contributed by atoms with Crippen LogP contribution in [0.4, 0.5) is 5.82 Å². The predicted molar refractivity (Wildman–Crippen MR) is 162 cm³/mol. The van der Waals surface area contributed by atoms with Crippen LogP contribution in [-0.2, 0) is 34.3 Å². The quantitative estimate of drug-likeness (QED) is 0.171. The van der Waals surface area contributed by atoms with E-state index in [0.717, 1.165) is 34.4 Å². The average Bonchev–Trinajstić information content (AvgIpc) is 3.43. The summed E-state index contributed by atoms with van der Waals surface area (Å²) in [5.74, 6) is -0.215. The Hall–Kier alpha value is -3.25. The van der Waals surface area contributed by atoms with Gasteiger partial charge in [0.15, 0.2) is 16.7 Å². The van der Waals surface area contributed by atoms with Gasteiger partial charge in [0, 0.05) is 35.6 Å². The minimum absolute atomic E-state index is 0.0352. The first kappa shape index (κ1) is 30.7. The molecule has 2 aromatic heterocycles. The summed E-state index contributed by atoms with van der Waals surface area (Å²) < 4.78 is 41.4. The van der Waals surface area contributed by atoms with E-state index in [0.29, 0.717) is 35.8 Å². The Morgan fingerprint density at radius 3 is 2.56 bits per heavy atom. The molecule has 4 aromatic rings. The van der Waals surface area contributed by atoms with Crippen molar-refractivity contribution >= 4 is 44.9 Å². The number of nitrogens with one attached hydrogen (secondary N) is 1. The summed E-state index contributed by atoms with van der Waals surface area (Å²) in [6.45, 7) is 8.61. The van der Waals surface area contributed by atoms with Crippen molar-refractivity contribution in [2.24, 2.45) is 0 Å². The van der Waals surface area contributed by atoms with Crippen molar-refractivity contribution in [1.29, 1.82) is 0 Å². The first-order valence-electron chi connectivity index (χ1n) is 13.3. The molecule has 9 nitrogen and oxygen atoms in total. The highest BCUT2D eigenvalue weighted by atomic mass is 35.5. The number of sulfonamides is 1. The zero-order valence-corrected chi connectivity index (χ0v) is 25.8. The Morgan fingerprint density at radius 2 is 1.90 bits per heavy atom. The molecule has 4 rings (SSSR count). The molecule has 0 radical (unpaired) electrons. The molecule has 2 heterocycles. The number of benzene rings is 2. The van der Waals surface area contributed by atoms with E-state index in [1.54, 1.807) is 28.8 Å². The van der Waals surface area contributed by atoms with E-state index in [-0.39, 0.29) is 28.9 Å². The summed E-state index contributed by atoms with van der Waals surface area (Å²) >= 11 is 7.47. The standard InChI is InChI=1S/C29H33ClN4O5S2/c1-5-7-12-25-31-27(30)26(29(35)36)34(25)16-20-13-14-22(21(15-20)17-39-6-2)23-10-8-9-11-24(23)41(37,38)33-28-18(3)19(4)40-32-28/h8-11,13-15H,5-7,12,16-17H2,1-4H3,(H,32,33)(H,35,36). The highest BCUT2D eigenvalue weighted by Gasteiger charge is 2.24. The summed E-state index contributed by atoms with van der Waals surface area (Å²) in [6.07, 6.45) is 2.38. The van der Waals surface area contributed by atoms with E-state index in [2.05, 4.69) is 21.0 Å².